The van der Waals surface area contributed by atoms with Crippen molar-refractivity contribution in [3.8, 4) is 0 Å². The topological polar surface area (TPSA) is 69.6 Å². The second-order valence-electron chi connectivity index (χ2n) is 5.72. The molecule has 1 saturated carbocycles. The van der Waals surface area contributed by atoms with Crippen molar-refractivity contribution >= 4 is 12.0 Å². The lowest BCUT2D eigenvalue weighted by Gasteiger charge is -2.37. The normalized spacial score (nSPS) is 19.1. The maximum Gasteiger partial charge on any atom is 0.318 e. The molecule has 0 radical (unpaired) electrons. The minimum absolute atomic E-state index is 0.172. The molecule has 3 rings (SSSR count). The second kappa shape index (κ2) is 4.81. The molecule has 0 unspecified atom stereocenters. The summed E-state index contributed by atoms with van der Waals surface area (Å²) < 4.78 is 0. The minimum atomic E-state index is -0.797. The fraction of sp³-hybridized carbons (Fsp3) is 0.467. The molecule has 2 N–H and O–H groups in total. The molecular weight excluding hydrogens is 256 g/mol. The van der Waals surface area contributed by atoms with E-state index in [4.69, 9.17) is 0 Å². The highest BCUT2D eigenvalue weighted by Crippen LogP contribution is 2.40. The third-order valence-corrected chi connectivity index (χ3v) is 4.47. The Morgan fingerprint density at radius 2 is 1.80 bits per heavy atom. The smallest absolute Gasteiger partial charge is 0.318 e. The molecule has 2 amide bonds. The zero-order valence-electron chi connectivity index (χ0n) is 11.3. The van der Waals surface area contributed by atoms with E-state index in [1.807, 2.05) is 24.3 Å². The van der Waals surface area contributed by atoms with E-state index in [1.54, 1.807) is 4.90 Å². The van der Waals surface area contributed by atoms with Crippen LogP contribution in [0.4, 0.5) is 4.79 Å². The zero-order valence-corrected chi connectivity index (χ0v) is 11.3. The highest BCUT2D eigenvalue weighted by Gasteiger charge is 2.44. The van der Waals surface area contributed by atoms with Crippen LogP contribution in [0.3, 0.4) is 0 Å². The summed E-state index contributed by atoms with van der Waals surface area (Å²) in [5.41, 5.74) is 1.60. The Kier molecular flexibility index (Phi) is 3.12. The Bertz CT molecular complexity index is 527. The van der Waals surface area contributed by atoms with E-state index in [0.29, 0.717) is 25.9 Å². The number of hydrogen-bond acceptors (Lipinski definition) is 2. The Morgan fingerprint density at radius 1 is 1.20 bits per heavy atom. The van der Waals surface area contributed by atoms with Crippen LogP contribution in [0.1, 0.15) is 30.4 Å². The Balaban J connectivity index is 1.58. The first-order chi connectivity index (χ1) is 9.61. The summed E-state index contributed by atoms with van der Waals surface area (Å²) in [7, 11) is 0. The third-order valence-electron chi connectivity index (χ3n) is 4.47. The summed E-state index contributed by atoms with van der Waals surface area (Å²) in [4.78, 5) is 25.1. The molecule has 2 aliphatic rings. The number of carboxylic acid groups (broad SMARTS) is 1. The summed E-state index contributed by atoms with van der Waals surface area (Å²) >= 11 is 0. The quantitative estimate of drug-likeness (QED) is 0.885. The van der Waals surface area contributed by atoms with E-state index < -0.39 is 11.4 Å². The molecule has 1 aromatic carbocycles. The summed E-state index contributed by atoms with van der Waals surface area (Å²) in [5, 5.41) is 12.0. The van der Waals surface area contributed by atoms with Crippen molar-refractivity contribution < 1.29 is 14.7 Å². The number of amides is 2. The number of rotatable bonds is 3. The van der Waals surface area contributed by atoms with Crippen LogP contribution in [0.15, 0.2) is 24.3 Å². The number of benzene rings is 1. The van der Waals surface area contributed by atoms with Gasteiger partial charge in [-0.15, -0.1) is 0 Å². The largest absolute Gasteiger partial charge is 0.481 e. The molecular formula is C15H18N2O3. The molecule has 1 aliphatic carbocycles. The predicted octanol–water partition coefficient (Wildman–Crippen LogP) is 1.97. The summed E-state index contributed by atoms with van der Waals surface area (Å²) in [6, 6.07) is 7.80. The van der Waals surface area contributed by atoms with Crippen LogP contribution in [0.25, 0.3) is 0 Å². The first-order valence-electron chi connectivity index (χ1n) is 6.94. The Labute approximate surface area is 117 Å². The number of carbonyl (C=O) groups excluding carboxylic acids is 1. The minimum Gasteiger partial charge on any atom is -0.481 e. The van der Waals surface area contributed by atoms with Crippen molar-refractivity contribution in [2.24, 2.45) is 5.41 Å². The molecule has 0 saturated heterocycles. The molecule has 20 heavy (non-hydrogen) atoms. The van der Waals surface area contributed by atoms with Gasteiger partial charge in [-0.25, -0.2) is 4.79 Å². The number of nitrogens with zero attached hydrogens (tertiary/aromatic N) is 1. The van der Waals surface area contributed by atoms with Crippen molar-refractivity contribution in [3.63, 3.8) is 0 Å². The summed E-state index contributed by atoms with van der Waals surface area (Å²) in [6.45, 7) is 1.43. The molecule has 0 atom stereocenters. The van der Waals surface area contributed by atoms with Crippen molar-refractivity contribution in [1.82, 2.24) is 10.2 Å². The van der Waals surface area contributed by atoms with E-state index in [0.717, 1.165) is 6.42 Å². The van der Waals surface area contributed by atoms with Crippen LogP contribution < -0.4 is 5.32 Å². The summed E-state index contributed by atoms with van der Waals surface area (Å²) in [6.07, 6.45) is 2.24. The molecule has 5 nitrogen and oxygen atoms in total. The van der Waals surface area contributed by atoms with Gasteiger partial charge >= 0.3 is 12.0 Å². The average molecular weight is 274 g/mol. The van der Waals surface area contributed by atoms with E-state index in [1.165, 1.54) is 11.1 Å². The fourth-order valence-electron chi connectivity index (χ4n) is 2.90. The first kappa shape index (κ1) is 13.0. The van der Waals surface area contributed by atoms with Crippen LogP contribution in [-0.2, 0) is 17.9 Å². The van der Waals surface area contributed by atoms with Crippen molar-refractivity contribution in [1.29, 1.82) is 0 Å². The fourth-order valence-corrected chi connectivity index (χ4v) is 2.90. The van der Waals surface area contributed by atoms with E-state index in [2.05, 4.69) is 5.32 Å². The van der Waals surface area contributed by atoms with Crippen molar-refractivity contribution in [2.45, 2.75) is 32.4 Å². The average Bonchev–Trinajstić information content (AvgIpc) is 2.80. The molecule has 106 valence electrons. The molecule has 0 bridgehead atoms. The van der Waals surface area contributed by atoms with Gasteiger partial charge < -0.3 is 15.3 Å². The van der Waals surface area contributed by atoms with Gasteiger partial charge in [0.15, 0.2) is 0 Å². The number of hydrogen-bond donors (Lipinski definition) is 2. The van der Waals surface area contributed by atoms with Gasteiger partial charge in [-0.05, 0) is 24.0 Å². The van der Waals surface area contributed by atoms with Gasteiger partial charge in [0, 0.05) is 19.6 Å². The number of carbonyl (C=O) groups is 2. The maximum absolute atomic E-state index is 12.1. The summed E-state index contributed by atoms with van der Waals surface area (Å²) in [5.74, 6) is -0.797. The number of urea groups is 1. The molecule has 1 heterocycles. The molecule has 1 fully saturated rings. The maximum atomic E-state index is 12.1. The van der Waals surface area contributed by atoms with Gasteiger partial charge in [-0.3, -0.25) is 4.79 Å². The predicted molar refractivity (Wildman–Crippen MR) is 73.0 cm³/mol. The van der Waals surface area contributed by atoms with Crippen LogP contribution in [0.5, 0.6) is 0 Å². The van der Waals surface area contributed by atoms with Gasteiger partial charge in [0.25, 0.3) is 0 Å². The van der Waals surface area contributed by atoms with Gasteiger partial charge in [-0.2, -0.15) is 0 Å². The number of carboxylic acids is 1. The van der Waals surface area contributed by atoms with Gasteiger partial charge in [-0.1, -0.05) is 30.7 Å². The second-order valence-corrected chi connectivity index (χ2v) is 5.72. The van der Waals surface area contributed by atoms with Gasteiger partial charge in [0.1, 0.15) is 0 Å². The first-order valence-corrected chi connectivity index (χ1v) is 6.94. The lowest BCUT2D eigenvalue weighted by molar-refractivity contribution is -0.153. The lowest BCUT2D eigenvalue weighted by atomic mass is 9.69. The van der Waals surface area contributed by atoms with Crippen molar-refractivity contribution in [2.75, 3.05) is 6.54 Å². The third kappa shape index (κ3) is 2.13. The number of fused-ring (bicyclic) bond motifs is 1. The van der Waals surface area contributed by atoms with Gasteiger partial charge in [0.2, 0.25) is 0 Å². The number of nitrogens with one attached hydrogen (secondary N) is 1. The monoisotopic (exact) mass is 274 g/mol. The molecule has 1 aliphatic heterocycles. The lowest BCUT2D eigenvalue weighted by Crippen LogP contribution is -2.49. The Morgan fingerprint density at radius 3 is 2.25 bits per heavy atom. The SMILES string of the molecule is O=C(NCC1(C(=O)O)CCC1)N1Cc2ccccc2C1. The van der Waals surface area contributed by atoms with Crippen LogP contribution in [-0.4, -0.2) is 28.6 Å². The molecule has 0 spiro atoms. The van der Waals surface area contributed by atoms with E-state index in [9.17, 15) is 14.7 Å². The molecule has 1 aromatic rings. The zero-order chi connectivity index (χ0) is 14.2. The van der Waals surface area contributed by atoms with Crippen molar-refractivity contribution in [3.05, 3.63) is 35.4 Å². The van der Waals surface area contributed by atoms with Crippen LogP contribution in [0, 0.1) is 5.41 Å². The standard InChI is InChI=1S/C15H18N2O3/c18-13(19)15(6-3-7-15)10-16-14(20)17-8-11-4-1-2-5-12(11)9-17/h1-2,4-5H,3,6-10H2,(H,16,20)(H,18,19). The van der Waals surface area contributed by atoms with Crippen LogP contribution in [0.2, 0.25) is 0 Å². The van der Waals surface area contributed by atoms with E-state index >= 15 is 0 Å². The van der Waals surface area contributed by atoms with Gasteiger partial charge in [0.05, 0.1) is 5.41 Å². The highest BCUT2D eigenvalue weighted by atomic mass is 16.4. The Hall–Kier alpha value is -2.04. The highest BCUT2D eigenvalue weighted by molar-refractivity contribution is 5.79. The van der Waals surface area contributed by atoms with Crippen LogP contribution >= 0.6 is 0 Å². The molecule has 0 aromatic heterocycles. The number of aliphatic carboxylic acids is 1. The van der Waals surface area contributed by atoms with E-state index in [-0.39, 0.29) is 12.6 Å². The molecule has 5 heteroatoms.